The molecule has 0 saturated carbocycles. The van der Waals surface area contributed by atoms with Crippen LogP contribution in [0, 0.1) is 17.8 Å². The third-order valence-electron chi connectivity index (χ3n) is 2.36. The molecule has 1 aromatic rings. The molecule has 0 radical (unpaired) electrons. The quantitative estimate of drug-likeness (QED) is 0.763. The molecule has 1 aromatic heterocycles. The Bertz CT molecular complexity index is 471. The van der Waals surface area contributed by atoms with Gasteiger partial charge >= 0.3 is 0 Å². The van der Waals surface area contributed by atoms with Gasteiger partial charge in [0.05, 0.1) is 18.0 Å². The number of amides is 1. The van der Waals surface area contributed by atoms with Crippen LogP contribution in [0.15, 0.2) is 12.1 Å². The molecular weight excluding hydrogens is 258 g/mol. The molecule has 0 saturated heterocycles. The minimum atomic E-state index is -0.291. The van der Waals surface area contributed by atoms with Crippen LogP contribution in [0.4, 0.5) is 0 Å². The molecule has 0 aromatic carbocycles. The molecule has 0 aliphatic heterocycles. The molecule has 0 atom stereocenters. The van der Waals surface area contributed by atoms with Crippen molar-refractivity contribution in [3.05, 3.63) is 21.9 Å². The van der Waals surface area contributed by atoms with Gasteiger partial charge in [-0.2, -0.15) is 0 Å². The van der Waals surface area contributed by atoms with Gasteiger partial charge in [-0.3, -0.25) is 9.69 Å². The molecule has 0 fully saturated rings. The summed E-state index contributed by atoms with van der Waals surface area (Å²) in [6, 6.07) is 4.03. The van der Waals surface area contributed by atoms with Crippen LogP contribution in [0.5, 0.6) is 0 Å². The van der Waals surface area contributed by atoms with Crippen molar-refractivity contribution >= 4 is 17.2 Å². The van der Waals surface area contributed by atoms with Crippen LogP contribution in [0.1, 0.15) is 23.6 Å². The fourth-order valence-corrected chi connectivity index (χ4v) is 2.74. The average molecular weight is 279 g/mol. The zero-order valence-corrected chi connectivity index (χ0v) is 12.3. The second kappa shape index (κ2) is 7.95. The Morgan fingerprint density at radius 1 is 1.47 bits per heavy atom. The highest BCUT2D eigenvalue weighted by Gasteiger charge is 2.12. The number of carbonyl (C=O) groups excluding carboxylic acids is 1. The van der Waals surface area contributed by atoms with E-state index in [0.29, 0.717) is 19.0 Å². The van der Waals surface area contributed by atoms with Crippen LogP contribution in [0.2, 0.25) is 0 Å². The predicted octanol–water partition coefficient (Wildman–Crippen LogP) is 1.00. The molecular formula is C14H21N3OS. The van der Waals surface area contributed by atoms with E-state index in [-0.39, 0.29) is 5.91 Å². The largest absolute Gasteiger partial charge is 0.369 e. The van der Waals surface area contributed by atoms with E-state index >= 15 is 0 Å². The Balaban J connectivity index is 2.67. The predicted molar refractivity (Wildman–Crippen MR) is 79.6 cm³/mol. The highest BCUT2D eigenvalue weighted by molar-refractivity contribution is 7.12. The van der Waals surface area contributed by atoms with Gasteiger partial charge in [-0.1, -0.05) is 25.7 Å². The normalized spacial score (nSPS) is 10.6. The van der Waals surface area contributed by atoms with E-state index in [1.54, 1.807) is 11.3 Å². The maximum Gasteiger partial charge on any atom is 0.231 e. The van der Waals surface area contributed by atoms with Crippen molar-refractivity contribution in [3.8, 4) is 11.8 Å². The van der Waals surface area contributed by atoms with E-state index in [2.05, 4.69) is 30.6 Å². The van der Waals surface area contributed by atoms with E-state index in [1.165, 1.54) is 4.88 Å². The number of nitrogens with two attached hydrogens (primary N) is 2. The van der Waals surface area contributed by atoms with Crippen molar-refractivity contribution in [2.75, 3.05) is 19.6 Å². The summed E-state index contributed by atoms with van der Waals surface area (Å²) < 4.78 is 0. The Morgan fingerprint density at radius 2 is 2.21 bits per heavy atom. The molecule has 0 bridgehead atoms. The van der Waals surface area contributed by atoms with Gasteiger partial charge in [-0.05, 0) is 18.1 Å². The van der Waals surface area contributed by atoms with Crippen LogP contribution in [0.25, 0.3) is 0 Å². The Hall–Kier alpha value is -1.35. The summed E-state index contributed by atoms with van der Waals surface area (Å²) in [5.41, 5.74) is 10.6. The molecule has 1 amide bonds. The second-order valence-electron chi connectivity index (χ2n) is 4.80. The SMILES string of the molecule is CC(C)CN(CC(N)=O)Cc1ccc(C#CCN)s1. The Labute approximate surface area is 118 Å². The first-order valence-electron chi connectivity index (χ1n) is 6.29. The summed E-state index contributed by atoms with van der Waals surface area (Å²) in [5, 5.41) is 0. The van der Waals surface area contributed by atoms with Crippen molar-refractivity contribution in [1.82, 2.24) is 4.90 Å². The van der Waals surface area contributed by atoms with Gasteiger partial charge in [0, 0.05) is 18.0 Å². The Kier molecular flexibility index (Phi) is 6.57. The molecule has 1 heterocycles. The Morgan fingerprint density at radius 3 is 2.79 bits per heavy atom. The number of hydrogen-bond acceptors (Lipinski definition) is 4. The molecule has 1 rings (SSSR count). The van der Waals surface area contributed by atoms with Crippen LogP contribution >= 0.6 is 11.3 Å². The highest BCUT2D eigenvalue weighted by Crippen LogP contribution is 2.18. The zero-order valence-electron chi connectivity index (χ0n) is 11.5. The number of carbonyl (C=O) groups is 1. The molecule has 0 aliphatic rings. The van der Waals surface area contributed by atoms with Crippen LogP contribution in [-0.2, 0) is 11.3 Å². The lowest BCUT2D eigenvalue weighted by molar-refractivity contribution is -0.119. The smallest absolute Gasteiger partial charge is 0.231 e. The molecule has 104 valence electrons. The van der Waals surface area contributed by atoms with Gasteiger partial charge < -0.3 is 11.5 Å². The minimum Gasteiger partial charge on any atom is -0.369 e. The molecule has 4 nitrogen and oxygen atoms in total. The molecule has 0 aliphatic carbocycles. The number of rotatable bonds is 6. The summed E-state index contributed by atoms with van der Waals surface area (Å²) in [4.78, 5) is 15.3. The third kappa shape index (κ3) is 6.39. The lowest BCUT2D eigenvalue weighted by atomic mass is 10.2. The maximum absolute atomic E-state index is 11.1. The fourth-order valence-electron chi connectivity index (χ4n) is 1.81. The van der Waals surface area contributed by atoms with Crippen molar-refractivity contribution in [2.24, 2.45) is 17.4 Å². The first-order chi connectivity index (χ1) is 9.01. The van der Waals surface area contributed by atoms with Crippen LogP contribution in [0.3, 0.4) is 0 Å². The molecule has 5 heteroatoms. The van der Waals surface area contributed by atoms with Crippen LogP contribution in [-0.4, -0.2) is 30.4 Å². The molecule has 0 spiro atoms. The monoisotopic (exact) mass is 279 g/mol. The number of hydrogen-bond donors (Lipinski definition) is 2. The summed E-state index contributed by atoms with van der Waals surface area (Å²) in [7, 11) is 0. The molecule has 19 heavy (non-hydrogen) atoms. The van der Waals surface area contributed by atoms with Gasteiger partial charge in [-0.25, -0.2) is 0 Å². The fraction of sp³-hybridized carbons (Fsp3) is 0.500. The lowest BCUT2D eigenvalue weighted by Crippen LogP contribution is -2.35. The first kappa shape index (κ1) is 15.7. The number of thiophene rings is 1. The van der Waals surface area contributed by atoms with Crippen molar-refractivity contribution < 1.29 is 4.79 Å². The minimum absolute atomic E-state index is 0.291. The second-order valence-corrected chi connectivity index (χ2v) is 5.97. The van der Waals surface area contributed by atoms with Crippen molar-refractivity contribution in [1.29, 1.82) is 0 Å². The molecule has 0 unspecified atom stereocenters. The topological polar surface area (TPSA) is 72.3 Å². The summed E-state index contributed by atoms with van der Waals surface area (Å²) in [6.45, 7) is 6.50. The summed E-state index contributed by atoms with van der Waals surface area (Å²) in [6.07, 6.45) is 0. The van der Waals surface area contributed by atoms with Gasteiger partial charge in [0.15, 0.2) is 0 Å². The summed E-state index contributed by atoms with van der Waals surface area (Å²) >= 11 is 1.63. The third-order valence-corrected chi connectivity index (χ3v) is 3.34. The zero-order chi connectivity index (χ0) is 14.3. The molecule has 4 N–H and O–H groups in total. The first-order valence-corrected chi connectivity index (χ1v) is 7.11. The van der Waals surface area contributed by atoms with Crippen molar-refractivity contribution in [2.45, 2.75) is 20.4 Å². The van der Waals surface area contributed by atoms with Gasteiger partial charge in [0.25, 0.3) is 0 Å². The number of nitrogens with zero attached hydrogens (tertiary/aromatic N) is 1. The van der Waals surface area contributed by atoms with E-state index in [0.717, 1.165) is 18.0 Å². The number of primary amides is 1. The van der Waals surface area contributed by atoms with E-state index < -0.39 is 0 Å². The van der Waals surface area contributed by atoms with Crippen LogP contribution < -0.4 is 11.5 Å². The van der Waals surface area contributed by atoms with Gasteiger partial charge in [0.1, 0.15) is 0 Å². The maximum atomic E-state index is 11.1. The van der Waals surface area contributed by atoms with E-state index in [9.17, 15) is 4.79 Å². The lowest BCUT2D eigenvalue weighted by Gasteiger charge is -2.21. The van der Waals surface area contributed by atoms with E-state index in [4.69, 9.17) is 11.5 Å². The van der Waals surface area contributed by atoms with Gasteiger partial charge in [-0.15, -0.1) is 11.3 Å². The van der Waals surface area contributed by atoms with E-state index in [1.807, 2.05) is 12.1 Å². The van der Waals surface area contributed by atoms with Gasteiger partial charge in [0.2, 0.25) is 5.91 Å². The average Bonchev–Trinajstić information content (AvgIpc) is 2.72. The summed E-state index contributed by atoms with van der Waals surface area (Å²) in [5.74, 6) is 6.05. The highest BCUT2D eigenvalue weighted by atomic mass is 32.1. The standard InChI is InChI=1S/C14H21N3OS/c1-11(2)8-17(10-14(16)18)9-13-6-5-12(19-13)4-3-7-15/h5-6,11H,7-10,15H2,1-2H3,(H2,16,18). The van der Waals surface area contributed by atoms with Crippen molar-refractivity contribution in [3.63, 3.8) is 0 Å².